The molecule has 1 aromatic heterocycles. The molecule has 0 bridgehead atoms. The Morgan fingerprint density at radius 2 is 1.67 bits per heavy atom. The van der Waals surface area contributed by atoms with Gasteiger partial charge in [0.1, 0.15) is 5.54 Å². The molecule has 1 fully saturated rings. The number of hydrogen-bond donors (Lipinski definition) is 3. The van der Waals surface area contributed by atoms with Crippen LogP contribution in [0.15, 0.2) is 54.9 Å². The highest BCUT2D eigenvalue weighted by Crippen LogP contribution is 2.37. The van der Waals surface area contributed by atoms with E-state index in [9.17, 15) is 14.4 Å². The van der Waals surface area contributed by atoms with Crippen molar-refractivity contribution in [2.75, 3.05) is 10.3 Å². The molecule has 1 aliphatic rings. The first-order valence-electron chi connectivity index (χ1n) is 7.37. The summed E-state index contributed by atoms with van der Waals surface area (Å²) in [6.07, 6.45) is 2.50. The summed E-state index contributed by atoms with van der Waals surface area (Å²) < 4.78 is 1.32. The van der Waals surface area contributed by atoms with Crippen LogP contribution in [0.4, 0.5) is 15.3 Å². The number of carboxylic acid groups (broad SMARTS) is 1. The molecule has 24 heavy (non-hydrogen) atoms. The van der Waals surface area contributed by atoms with Gasteiger partial charge in [-0.15, -0.1) is 0 Å². The number of para-hydroxylation sites is 1. The van der Waals surface area contributed by atoms with Gasteiger partial charge in [-0.3, -0.25) is 9.47 Å². The summed E-state index contributed by atoms with van der Waals surface area (Å²) in [5.74, 6) is -0.616. The van der Waals surface area contributed by atoms with Crippen molar-refractivity contribution in [3.05, 3.63) is 54.9 Å². The van der Waals surface area contributed by atoms with E-state index in [4.69, 9.17) is 5.11 Å². The predicted molar refractivity (Wildman–Crippen MR) is 86.2 cm³/mol. The molecule has 0 atom stereocenters. The van der Waals surface area contributed by atoms with Crippen molar-refractivity contribution in [2.24, 2.45) is 0 Å². The van der Waals surface area contributed by atoms with Crippen LogP contribution < -0.4 is 15.6 Å². The van der Waals surface area contributed by atoms with Crippen LogP contribution >= 0.6 is 0 Å². The Balaban J connectivity index is 1.86. The summed E-state index contributed by atoms with van der Waals surface area (Å²) in [5.41, 5.74) is -0.715. The van der Waals surface area contributed by atoms with Crippen LogP contribution in [0, 0.1) is 0 Å². The highest BCUT2D eigenvalue weighted by molar-refractivity contribution is 6.17. The zero-order chi connectivity index (χ0) is 17.2. The minimum Gasteiger partial charge on any atom is -0.465 e. The maximum Gasteiger partial charge on any atom is 0.405 e. The van der Waals surface area contributed by atoms with Gasteiger partial charge in [0.2, 0.25) is 0 Å². The zero-order valence-corrected chi connectivity index (χ0v) is 12.7. The van der Waals surface area contributed by atoms with Crippen LogP contribution in [0.5, 0.6) is 0 Å². The quantitative estimate of drug-likeness (QED) is 0.798. The van der Waals surface area contributed by atoms with E-state index >= 15 is 0 Å². The van der Waals surface area contributed by atoms with Gasteiger partial charge in [0.05, 0.1) is 0 Å². The molecule has 0 unspecified atom stereocenters. The molecule has 124 valence electrons. The maximum atomic E-state index is 12.8. The van der Waals surface area contributed by atoms with E-state index in [1.54, 1.807) is 54.9 Å². The second-order valence-corrected chi connectivity index (χ2v) is 5.49. The molecule has 8 nitrogen and oxygen atoms in total. The molecule has 0 saturated heterocycles. The normalized spacial score (nSPS) is 14.5. The number of benzene rings is 1. The molecule has 1 aromatic carbocycles. The summed E-state index contributed by atoms with van der Waals surface area (Å²) in [6.45, 7) is 0. The number of anilines is 1. The van der Waals surface area contributed by atoms with Gasteiger partial charge >= 0.3 is 12.1 Å². The first kappa shape index (κ1) is 15.6. The zero-order valence-electron chi connectivity index (χ0n) is 12.7. The van der Waals surface area contributed by atoms with Crippen LogP contribution in [-0.4, -0.2) is 33.4 Å². The molecule has 1 aliphatic carbocycles. The molecule has 1 heterocycles. The van der Waals surface area contributed by atoms with Gasteiger partial charge < -0.3 is 15.7 Å². The molecule has 3 N–H and O–H groups in total. The predicted octanol–water partition coefficient (Wildman–Crippen LogP) is 1.98. The van der Waals surface area contributed by atoms with Crippen molar-refractivity contribution >= 4 is 23.7 Å². The number of amides is 4. The molecule has 4 amide bonds. The lowest BCUT2D eigenvalue weighted by Crippen LogP contribution is -2.57. The second kappa shape index (κ2) is 6.07. The van der Waals surface area contributed by atoms with Gasteiger partial charge in [-0.05, 0) is 37.1 Å². The number of nitrogens with one attached hydrogen (secondary N) is 2. The Bertz CT molecular complexity index is 754. The summed E-state index contributed by atoms with van der Waals surface area (Å²) in [5, 5.41) is 14.7. The Morgan fingerprint density at radius 1 is 1.04 bits per heavy atom. The maximum absolute atomic E-state index is 12.8. The van der Waals surface area contributed by atoms with E-state index in [1.807, 2.05) is 0 Å². The molecule has 0 spiro atoms. The van der Waals surface area contributed by atoms with E-state index in [1.165, 1.54) is 4.68 Å². The van der Waals surface area contributed by atoms with Crippen LogP contribution in [-0.2, 0) is 4.79 Å². The van der Waals surface area contributed by atoms with Crippen LogP contribution in [0.25, 0.3) is 0 Å². The number of imide groups is 1. The Hall–Kier alpha value is -3.29. The van der Waals surface area contributed by atoms with Gasteiger partial charge in [-0.2, -0.15) is 5.01 Å². The molecule has 0 radical (unpaired) electrons. The Kier molecular flexibility index (Phi) is 3.95. The number of hydrogen-bond acceptors (Lipinski definition) is 3. The third kappa shape index (κ3) is 3.07. The number of aromatic nitrogens is 1. The highest BCUT2D eigenvalue weighted by Gasteiger charge is 2.55. The van der Waals surface area contributed by atoms with Gasteiger partial charge in [-0.25, -0.2) is 9.59 Å². The van der Waals surface area contributed by atoms with Crippen molar-refractivity contribution in [3.63, 3.8) is 0 Å². The van der Waals surface area contributed by atoms with Crippen molar-refractivity contribution in [1.29, 1.82) is 0 Å². The summed E-state index contributed by atoms with van der Waals surface area (Å²) >= 11 is 0. The minimum absolute atomic E-state index is 0.356. The standard InChI is InChI=1S/C16H16N4O4/c21-13(16(8-9-16)18-15(23)24)20(19-10-4-5-11-19)14(22)17-12-6-2-1-3-7-12/h1-7,10-11,18H,8-9H2,(H,17,22)(H,23,24). The lowest BCUT2D eigenvalue weighted by Gasteiger charge is -2.26. The monoisotopic (exact) mass is 328 g/mol. The largest absolute Gasteiger partial charge is 0.465 e. The van der Waals surface area contributed by atoms with Gasteiger partial charge in [0.25, 0.3) is 5.91 Å². The highest BCUT2D eigenvalue weighted by atomic mass is 16.4. The molecule has 3 rings (SSSR count). The lowest BCUT2D eigenvalue weighted by molar-refractivity contribution is -0.122. The number of urea groups is 1. The fourth-order valence-electron chi connectivity index (χ4n) is 2.38. The number of rotatable bonds is 4. The van der Waals surface area contributed by atoms with E-state index in [0.717, 1.165) is 5.01 Å². The summed E-state index contributed by atoms with van der Waals surface area (Å²) in [4.78, 5) is 36.4. The molecule has 1 saturated carbocycles. The average Bonchev–Trinajstić information content (AvgIpc) is 3.12. The topological polar surface area (TPSA) is 104 Å². The van der Waals surface area contributed by atoms with Crippen molar-refractivity contribution in [2.45, 2.75) is 18.4 Å². The minimum atomic E-state index is -1.29. The van der Waals surface area contributed by atoms with Crippen molar-refractivity contribution < 1.29 is 19.5 Å². The number of carbonyl (C=O) groups is 3. The number of nitrogens with zero attached hydrogens (tertiary/aromatic N) is 2. The van der Waals surface area contributed by atoms with Crippen LogP contribution in [0.3, 0.4) is 0 Å². The first-order chi connectivity index (χ1) is 11.5. The van der Waals surface area contributed by atoms with E-state index in [2.05, 4.69) is 10.6 Å². The smallest absolute Gasteiger partial charge is 0.405 e. The van der Waals surface area contributed by atoms with E-state index < -0.39 is 23.6 Å². The average molecular weight is 328 g/mol. The third-order valence-electron chi connectivity index (χ3n) is 3.74. The van der Waals surface area contributed by atoms with Crippen LogP contribution in [0.2, 0.25) is 0 Å². The fourth-order valence-corrected chi connectivity index (χ4v) is 2.38. The van der Waals surface area contributed by atoms with Crippen LogP contribution in [0.1, 0.15) is 12.8 Å². The third-order valence-corrected chi connectivity index (χ3v) is 3.74. The first-order valence-corrected chi connectivity index (χ1v) is 7.37. The van der Waals surface area contributed by atoms with E-state index in [-0.39, 0.29) is 0 Å². The summed E-state index contributed by atoms with van der Waals surface area (Å²) in [7, 11) is 0. The fraction of sp³-hybridized carbons (Fsp3) is 0.188. The molecular formula is C16H16N4O4. The Morgan fingerprint density at radius 3 is 2.21 bits per heavy atom. The molecule has 0 aliphatic heterocycles. The van der Waals surface area contributed by atoms with E-state index in [0.29, 0.717) is 18.5 Å². The number of carbonyl (C=O) groups excluding carboxylic acids is 2. The lowest BCUT2D eigenvalue weighted by atomic mass is 10.2. The van der Waals surface area contributed by atoms with Gasteiger partial charge in [0.15, 0.2) is 0 Å². The molecular weight excluding hydrogens is 312 g/mol. The second-order valence-electron chi connectivity index (χ2n) is 5.49. The van der Waals surface area contributed by atoms with Crippen molar-refractivity contribution in [1.82, 2.24) is 9.99 Å². The Labute approximate surface area is 137 Å². The van der Waals surface area contributed by atoms with Gasteiger partial charge in [-0.1, -0.05) is 18.2 Å². The molecule has 2 aromatic rings. The van der Waals surface area contributed by atoms with Crippen molar-refractivity contribution in [3.8, 4) is 0 Å². The summed E-state index contributed by atoms with van der Waals surface area (Å²) in [6, 6.07) is 11.4. The van der Waals surface area contributed by atoms with Gasteiger partial charge in [0, 0.05) is 18.1 Å². The SMILES string of the molecule is O=C(O)NC1(C(=O)N(C(=O)Nc2ccccc2)n2cccc2)CC1. The molecule has 8 heteroatoms.